The second kappa shape index (κ2) is 12.9. The minimum atomic E-state index is -1.76. The number of nitrogens with one attached hydrogen (secondary N) is 1. The summed E-state index contributed by atoms with van der Waals surface area (Å²) < 4.78 is 11.0. The molecule has 216 valence electrons. The number of carbonyl (C=O) groups is 4. The molecule has 2 saturated heterocycles. The zero-order valence-corrected chi connectivity index (χ0v) is 23.8. The van der Waals surface area contributed by atoms with E-state index >= 15 is 0 Å². The molecule has 1 aromatic carbocycles. The molecule has 0 spiro atoms. The lowest BCUT2D eigenvalue weighted by Crippen LogP contribution is -2.72. The normalized spacial score (nSPS) is 23.8. The van der Waals surface area contributed by atoms with Crippen LogP contribution in [0.1, 0.15) is 72.3 Å². The van der Waals surface area contributed by atoms with Gasteiger partial charge in [0.15, 0.2) is 5.54 Å². The first kappa shape index (κ1) is 30.6. The van der Waals surface area contributed by atoms with Crippen molar-refractivity contribution in [3.05, 3.63) is 35.9 Å². The Morgan fingerprint density at radius 1 is 1.15 bits per heavy atom. The molecule has 2 aliphatic heterocycles. The molecule has 2 fully saturated rings. The number of carbonyl (C=O) groups excluding carboxylic acids is 3. The SMILES string of the molecule is CCOC(=O)[C@H](CCc1ccccc1)N[C@H]1CCCN2CCC[C@@](C(=O)O)(C(C)OC(=O)C(C)(C)C)N2C1=O. The first-order chi connectivity index (χ1) is 18.4. The van der Waals surface area contributed by atoms with E-state index < -0.39 is 53.0 Å². The molecule has 2 aliphatic rings. The van der Waals surface area contributed by atoms with Crippen LogP contribution < -0.4 is 5.32 Å². The Morgan fingerprint density at radius 3 is 2.44 bits per heavy atom. The van der Waals surface area contributed by atoms with Gasteiger partial charge in [0, 0.05) is 13.1 Å². The van der Waals surface area contributed by atoms with Crippen molar-refractivity contribution in [2.45, 2.75) is 96.9 Å². The van der Waals surface area contributed by atoms with Crippen LogP contribution in [-0.4, -0.2) is 82.4 Å². The molecule has 0 bridgehead atoms. The third-order valence-corrected chi connectivity index (χ3v) is 7.53. The molecule has 0 aromatic heterocycles. The maximum absolute atomic E-state index is 14.1. The van der Waals surface area contributed by atoms with Gasteiger partial charge in [-0.15, -0.1) is 0 Å². The van der Waals surface area contributed by atoms with Crippen molar-refractivity contribution in [3.8, 4) is 0 Å². The van der Waals surface area contributed by atoms with Crippen LogP contribution in [0.15, 0.2) is 30.3 Å². The minimum Gasteiger partial charge on any atom is -0.479 e. The number of carboxylic acid groups (broad SMARTS) is 1. The molecule has 2 heterocycles. The molecule has 1 aromatic rings. The Balaban J connectivity index is 1.90. The second-order valence-electron chi connectivity index (χ2n) is 11.4. The summed E-state index contributed by atoms with van der Waals surface area (Å²) >= 11 is 0. The molecule has 10 heteroatoms. The molecule has 10 nitrogen and oxygen atoms in total. The summed E-state index contributed by atoms with van der Waals surface area (Å²) in [5.74, 6) is -2.64. The van der Waals surface area contributed by atoms with Crippen molar-refractivity contribution in [3.63, 3.8) is 0 Å². The van der Waals surface area contributed by atoms with Gasteiger partial charge in [-0.3, -0.25) is 24.7 Å². The first-order valence-electron chi connectivity index (χ1n) is 13.9. The Kier molecular flexibility index (Phi) is 10.1. The van der Waals surface area contributed by atoms with Gasteiger partial charge in [-0.1, -0.05) is 30.3 Å². The lowest BCUT2D eigenvalue weighted by molar-refractivity contribution is -0.214. The molecule has 1 unspecified atom stereocenters. The fourth-order valence-corrected chi connectivity index (χ4v) is 5.33. The highest BCUT2D eigenvalue weighted by molar-refractivity contribution is 5.91. The van der Waals surface area contributed by atoms with E-state index in [0.29, 0.717) is 45.2 Å². The zero-order valence-electron chi connectivity index (χ0n) is 23.8. The molecular formula is C29H43N3O7. The molecule has 0 saturated carbocycles. The van der Waals surface area contributed by atoms with E-state index in [1.54, 1.807) is 39.6 Å². The number of nitrogens with zero attached hydrogens (tertiary/aromatic N) is 2. The van der Waals surface area contributed by atoms with E-state index in [1.165, 1.54) is 5.01 Å². The van der Waals surface area contributed by atoms with Crippen LogP contribution >= 0.6 is 0 Å². The second-order valence-corrected chi connectivity index (χ2v) is 11.4. The molecule has 0 radical (unpaired) electrons. The first-order valence-corrected chi connectivity index (χ1v) is 13.9. The quantitative estimate of drug-likeness (QED) is 0.427. The van der Waals surface area contributed by atoms with Crippen LogP contribution in [0.2, 0.25) is 0 Å². The van der Waals surface area contributed by atoms with Gasteiger partial charge in [0.2, 0.25) is 0 Å². The molecule has 3 rings (SSSR count). The maximum Gasteiger partial charge on any atom is 0.335 e. The summed E-state index contributed by atoms with van der Waals surface area (Å²) in [6.07, 6.45) is 1.66. The molecule has 1 amide bonds. The lowest BCUT2D eigenvalue weighted by atomic mass is 9.84. The molecule has 0 aliphatic carbocycles. The summed E-state index contributed by atoms with van der Waals surface area (Å²) in [4.78, 5) is 52.7. The molecule has 39 heavy (non-hydrogen) atoms. The third-order valence-electron chi connectivity index (χ3n) is 7.53. The maximum atomic E-state index is 14.1. The molecule has 4 atom stereocenters. The average Bonchev–Trinajstić information content (AvgIpc) is 3.04. The van der Waals surface area contributed by atoms with Gasteiger partial charge in [0.25, 0.3) is 5.91 Å². The molecule has 2 N–H and O–H groups in total. The summed E-state index contributed by atoms with van der Waals surface area (Å²) in [5, 5.41) is 16.9. The van der Waals surface area contributed by atoms with Crippen LogP contribution in [0.25, 0.3) is 0 Å². The summed E-state index contributed by atoms with van der Waals surface area (Å²) in [5.41, 5.74) is -1.53. The van der Waals surface area contributed by atoms with Crippen molar-refractivity contribution in [1.82, 2.24) is 15.3 Å². The number of hydrogen-bond donors (Lipinski definition) is 2. The highest BCUT2D eigenvalue weighted by Crippen LogP contribution is 2.37. The number of rotatable bonds is 10. The molecular weight excluding hydrogens is 502 g/mol. The summed E-state index contributed by atoms with van der Waals surface area (Å²) in [7, 11) is 0. The van der Waals surface area contributed by atoms with Gasteiger partial charge in [0.05, 0.1) is 18.1 Å². The smallest absolute Gasteiger partial charge is 0.335 e. The van der Waals surface area contributed by atoms with Gasteiger partial charge in [-0.05, 0) is 78.7 Å². The Bertz CT molecular complexity index is 1030. The number of hydrazine groups is 1. The number of aryl methyl sites for hydroxylation is 1. The number of amides is 1. The van der Waals surface area contributed by atoms with Crippen molar-refractivity contribution in [2.75, 3.05) is 19.7 Å². The van der Waals surface area contributed by atoms with Crippen LogP contribution in [0.4, 0.5) is 0 Å². The van der Waals surface area contributed by atoms with Gasteiger partial charge in [0.1, 0.15) is 12.1 Å². The predicted octanol–water partition coefficient (Wildman–Crippen LogP) is 2.94. The monoisotopic (exact) mass is 545 g/mol. The van der Waals surface area contributed by atoms with Crippen molar-refractivity contribution in [2.24, 2.45) is 5.41 Å². The van der Waals surface area contributed by atoms with E-state index in [4.69, 9.17) is 9.47 Å². The lowest BCUT2D eigenvalue weighted by Gasteiger charge is -2.52. The van der Waals surface area contributed by atoms with E-state index in [9.17, 15) is 24.3 Å². The Labute approximate surface area is 231 Å². The van der Waals surface area contributed by atoms with Crippen LogP contribution in [0, 0.1) is 5.41 Å². The van der Waals surface area contributed by atoms with E-state index in [0.717, 1.165) is 5.56 Å². The van der Waals surface area contributed by atoms with Gasteiger partial charge >= 0.3 is 17.9 Å². The van der Waals surface area contributed by atoms with E-state index in [1.807, 2.05) is 30.3 Å². The number of benzene rings is 1. The van der Waals surface area contributed by atoms with Crippen LogP contribution in [0.5, 0.6) is 0 Å². The number of hydrogen-bond acceptors (Lipinski definition) is 8. The fraction of sp³-hybridized carbons (Fsp3) is 0.655. The number of ether oxygens (including phenoxy) is 2. The largest absolute Gasteiger partial charge is 0.479 e. The van der Waals surface area contributed by atoms with Crippen LogP contribution in [-0.2, 0) is 35.1 Å². The highest BCUT2D eigenvalue weighted by Gasteiger charge is 2.58. The van der Waals surface area contributed by atoms with Gasteiger partial charge < -0.3 is 14.6 Å². The number of aliphatic carboxylic acids is 1. The topological polar surface area (TPSA) is 125 Å². The van der Waals surface area contributed by atoms with Gasteiger partial charge in [-0.25, -0.2) is 9.80 Å². The summed E-state index contributed by atoms with van der Waals surface area (Å²) in [6, 6.07) is 8.20. The zero-order chi connectivity index (χ0) is 28.8. The highest BCUT2D eigenvalue weighted by atomic mass is 16.6. The van der Waals surface area contributed by atoms with Crippen LogP contribution in [0.3, 0.4) is 0 Å². The third kappa shape index (κ3) is 6.97. The summed E-state index contributed by atoms with van der Waals surface area (Å²) in [6.45, 7) is 9.58. The van der Waals surface area contributed by atoms with Crippen molar-refractivity contribution < 1.29 is 33.8 Å². The Morgan fingerprint density at radius 2 is 1.82 bits per heavy atom. The average molecular weight is 546 g/mol. The van der Waals surface area contributed by atoms with Crippen molar-refractivity contribution >= 4 is 23.8 Å². The van der Waals surface area contributed by atoms with E-state index in [2.05, 4.69) is 5.32 Å². The van der Waals surface area contributed by atoms with Crippen molar-refractivity contribution in [1.29, 1.82) is 0 Å². The number of carboxylic acids is 1. The number of fused-ring (bicyclic) bond motifs is 1. The standard InChI is InChI=1S/C29H43N3O7/c1-6-38-25(34)23(16-15-21-12-8-7-9-13-21)30-22-14-10-18-31-19-11-17-29(26(35)36,32(31)24(22)33)20(2)39-27(37)28(3,4)5/h7-9,12-13,20,22-23,30H,6,10-11,14-19H2,1-5H3,(H,35,36)/t20?,22-,23-,29-/m0/s1. The van der Waals surface area contributed by atoms with Gasteiger partial charge in [-0.2, -0.15) is 0 Å². The van der Waals surface area contributed by atoms with E-state index in [-0.39, 0.29) is 13.0 Å². The predicted molar refractivity (Wildman–Crippen MR) is 144 cm³/mol. The minimum absolute atomic E-state index is 0.144. The Hall–Kier alpha value is -2.98. The number of esters is 2. The fourth-order valence-electron chi connectivity index (χ4n) is 5.33.